The zero-order chi connectivity index (χ0) is 12.5. The first-order chi connectivity index (χ1) is 8.03. The maximum atomic E-state index is 11.9. The summed E-state index contributed by atoms with van der Waals surface area (Å²) in [6.45, 7) is 1.97. The van der Waals surface area contributed by atoms with Crippen LogP contribution >= 0.6 is 0 Å². The van der Waals surface area contributed by atoms with Crippen LogP contribution in [0.25, 0.3) is 0 Å². The average Bonchev–Trinajstić information content (AvgIpc) is 2.75. The Labute approximate surface area is 100 Å². The van der Waals surface area contributed by atoms with Crippen LogP contribution in [0.15, 0.2) is 23.1 Å². The van der Waals surface area contributed by atoms with Gasteiger partial charge in [-0.1, -0.05) is 0 Å². The summed E-state index contributed by atoms with van der Waals surface area (Å²) < 4.78 is 31.6. The normalized spacial score (nSPS) is 16.4. The Kier molecular flexibility index (Phi) is 3.37. The molecule has 0 aliphatic carbocycles. The Hall–Kier alpha value is -1.11. The molecule has 6 heteroatoms. The van der Waals surface area contributed by atoms with Crippen LogP contribution in [-0.2, 0) is 16.4 Å². The fourth-order valence-corrected chi connectivity index (χ4v) is 2.99. The van der Waals surface area contributed by atoms with Gasteiger partial charge in [0.05, 0.1) is 18.1 Å². The molecule has 0 amide bonds. The second-order valence-corrected chi connectivity index (χ2v) is 5.79. The molecule has 1 aromatic carbocycles. The lowest BCUT2D eigenvalue weighted by molar-refractivity contribution is 0.265. The Balaban J connectivity index is 2.28. The third-order valence-corrected chi connectivity index (χ3v) is 4.19. The molecule has 1 aliphatic rings. The molecule has 0 unspecified atom stereocenters. The minimum Gasteiger partial charge on any atom is -0.493 e. The zero-order valence-electron chi connectivity index (χ0n) is 9.51. The molecule has 0 saturated carbocycles. The Morgan fingerprint density at radius 1 is 1.53 bits per heavy atom. The molecule has 1 heterocycles. The highest BCUT2D eigenvalue weighted by Crippen LogP contribution is 2.27. The minimum absolute atomic E-state index is 0.210. The fraction of sp³-hybridized carbons (Fsp3) is 0.455. The second-order valence-electron chi connectivity index (χ2n) is 4.07. The summed E-state index contributed by atoms with van der Waals surface area (Å²) in [6.07, 6.45) is 0.730. The third kappa shape index (κ3) is 2.59. The number of nitrogens with one attached hydrogen (secondary N) is 1. The molecule has 2 rings (SSSR count). The van der Waals surface area contributed by atoms with E-state index in [0.29, 0.717) is 6.61 Å². The number of sulfonamides is 1. The summed E-state index contributed by atoms with van der Waals surface area (Å²) in [5, 5.41) is 8.85. The number of fused-ring (bicyclic) bond motifs is 1. The fourth-order valence-electron chi connectivity index (χ4n) is 1.70. The van der Waals surface area contributed by atoms with Gasteiger partial charge in [0.2, 0.25) is 10.0 Å². The predicted molar refractivity (Wildman–Crippen MR) is 62.5 cm³/mol. The lowest BCUT2D eigenvalue weighted by Crippen LogP contribution is -2.35. The maximum absolute atomic E-state index is 11.9. The maximum Gasteiger partial charge on any atom is 0.240 e. The molecule has 1 aromatic rings. The third-order valence-electron chi connectivity index (χ3n) is 2.60. The summed E-state index contributed by atoms with van der Waals surface area (Å²) in [7, 11) is -3.56. The van der Waals surface area contributed by atoms with Crippen LogP contribution in [0.2, 0.25) is 0 Å². The van der Waals surface area contributed by atoms with Gasteiger partial charge in [-0.15, -0.1) is 0 Å². The smallest absolute Gasteiger partial charge is 0.240 e. The van der Waals surface area contributed by atoms with Gasteiger partial charge in [-0.05, 0) is 30.7 Å². The van der Waals surface area contributed by atoms with E-state index in [2.05, 4.69) is 4.72 Å². The lowest BCUT2D eigenvalue weighted by atomic mass is 10.2. The number of aliphatic hydroxyl groups is 1. The van der Waals surface area contributed by atoms with Crippen LogP contribution in [0.1, 0.15) is 12.5 Å². The summed E-state index contributed by atoms with van der Waals surface area (Å²) in [5.41, 5.74) is 0.907. The van der Waals surface area contributed by atoms with Crippen molar-refractivity contribution < 1.29 is 18.3 Å². The van der Waals surface area contributed by atoms with Crippen LogP contribution in [0.3, 0.4) is 0 Å². The topological polar surface area (TPSA) is 75.6 Å². The molecule has 1 atom stereocenters. The van der Waals surface area contributed by atoms with Gasteiger partial charge in [0.1, 0.15) is 5.75 Å². The van der Waals surface area contributed by atoms with Crippen LogP contribution < -0.4 is 9.46 Å². The molecular weight excluding hydrogens is 242 g/mol. The SMILES string of the molecule is C[C@@H](CO)NS(=O)(=O)c1ccc2c(c1)CCO2. The van der Waals surface area contributed by atoms with E-state index in [1.54, 1.807) is 19.1 Å². The van der Waals surface area contributed by atoms with Crippen molar-refractivity contribution in [3.63, 3.8) is 0 Å². The van der Waals surface area contributed by atoms with E-state index in [4.69, 9.17) is 9.84 Å². The van der Waals surface area contributed by atoms with E-state index in [1.165, 1.54) is 6.07 Å². The molecule has 0 radical (unpaired) electrons. The standard InChI is InChI=1S/C11H15NO4S/c1-8(7-13)12-17(14,15)10-2-3-11-9(6-10)4-5-16-11/h2-3,6,8,12-13H,4-5,7H2,1H3/t8-/m0/s1. The Morgan fingerprint density at radius 2 is 2.29 bits per heavy atom. The first-order valence-electron chi connectivity index (χ1n) is 5.42. The number of hydrogen-bond donors (Lipinski definition) is 2. The molecule has 2 N–H and O–H groups in total. The summed E-state index contributed by atoms with van der Waals surface area (Å²) in [5.74, 6) is 0.749. The van der Waals surface area contributed by atoms with Gasteiger partial charge >= 0.3 is 0 Å². The van der Waals surface area contributed by atoms with Crippen molar-refractivity contribution in [2.24, 2.45) is 0 Å². The van der Waals surface area contributed by atoms with Gasteiger partial charge in [-0.3, -0.25) is 0 Å². The molecule has 0 saturated heterocycles. The van der Waals surface area contributed by atoms with Crippen LogP contribution in [0.5, 0.6) is 5.75 Å². The summed E-state index contributed by atoms with van der Waals surface area (Å²) in [6, 6.07) is 4.30. The van der Waals surface area contributed by atoms with Crippen molar-refractivity contribution >= 4 is 10.0 Å². The molecule has 0 aromatic heterocycles. The van der Waals surface area contributed by atoms with Gasteiger partial charge in [0, 0.05) is 12.5 Å². The van der Waals surface area contributed by atoms with Gasteiger partial charge in [-0.2, -0.15) is 0 Å². The highest BCUT2D eigenvalue weighted by atomic mass is 32.2. The Morgan fingerprint density at radius 3 is 3.00 bits per heavy atom. The van der Waals surface area contributed by atoms with Gasteiger partial charge in [0.25, 0.3) is 0 Å². The lowest BCUT2D eigenvalue weighted by Gasteiger charge is -2.12. The molecule has 17 heavy (non-hydrogen) atoms. The number of hydrogen-bond acceptors (Lipinski definition) is 4. The molecule has 94 valence electrons. The molecule has 0 bridgehead atoms. The second kappa shape index (κ2) is 4.64. The first kappa shape index (κ1) is 12.3. The quantitative estimate of drug-likeness (QED) is 0.812. The number of rotatable bonds is 4. The van der Waals surface area contributed by atoms with E-state index < -0.39 is 16.1 Å². The molecule has 0 fully saturated rings. The van der Waals surface area contributed by atoms with Crippen molar-refractivity contribution in [3.05, 3.63) is 23.8 Å². The van der Waals surface area contributed by atoms with Gasteiger partial charge in [-0.25, -0.2) is 13.1 Å². The number of benzene rings is 1. The molecule has 0 spiro atoms. The number of aliphatic hydroxyl groups excluding tert-OH is 1. The monoisotopic (exact) mass is 257 g/mol. The predicted octanol–water partition coefficient (Wildman–Crippen LogP) is 0.281. The van der Waals surface area contributed by atoms with Gasteiger partial charge in [0.15, 0.2) is 0 Å². The number of ether oxygens (including phenoxy) is 1. The van der Waals surface area contributed by atoms with Crippen molar-refractivity contribution in [1.29, 1.82) is 0 Å². The summed E-state index contributed by atoms with van der Waals surface area (Å²) in [4.78, 5) is 0.210. The minimum atomic E-state index is -3.56. The van der Waals surface area contributed by atoms with Crippen molar-refractivity contribution in [2.75, 3.05) is 13.2 Å². The van der Waals surface area contributed by atoms with Gasteiger partial charge < -0.3 is 9.84 Å². The highest BCUT2D eigenvalue weighted by molar-refractivity contribution is 7.89. The van der Waals surface area contributed by atoms with E-state index in [0.717, 1.165) is 17.7 Å². The van der Waals surface area contributed by atoms with E-state index in [1.807, 2.05) is 0 Å². The van der Waals surface area contributed by atoms with Crippen LogP contribution in [0.4, 0.5) is 0 Å². The van der Waals surface area contributed by atoms with Crippen LogP contribution in [-0.4, -0.2) is 32.8 Å². The average molecular weight is 257 g/mol. The summed E-state index contributed by atoms with van der Waals surface area (Å²) >= 11 is 0. The van der Waals surface area contributed by atoms with Crippen molar-refractivity contribution in [1.82, 2.24) is 4.72 Å². The molecule has 5 nitrogen and oxygen atoms in total. The van der Waals surface area contributed by atoms with Crippen LogP contribution in [0, 0.1) is 0 Å². The zero-order valence-corrected chi connectivity index (χ0v) is 10.3. The van der Waals surface area contributed by atoms with E-state index in [9.17, 15) is 8.42 Å². The van der Waals surface area contributed by atoms with E-state index >= 15 is 0 Å². The van der Waals surface area contributed by atoms with Crippen molar-refractivity contribution in [2.45, 2.75) is 24.3 Å². The van der Waals surface area contributed by atoms with E-state index in [-0.39, 0.29) is 11.5 Å². The molecule has 1 aliphatic heterocycles. The first-order valence-corrected chi connectivity index (χ1v) is 6.90. The highest BCUT2D eigenvalue weighted by Gasteiger charge is 2.20. The largest absolute Gasteiger partial charge is 0.493 e. The molecular formula is C11H15NO4S. The Bertz CT molecular complexity index is 512. The van der Waals surface area contributed by atoms with Crippen molar-refractivity contribution in [3.8, 4) is 5.75 Å².